The second kappa shape index (κ2) is 7.76. The molecule has 24 heavy (non-hydrogen) atoms. The second-order valence-corrected chi connectivity index (χ2v) is 8.11. The van der Waals surface area contributed by atoms with Crippen LogP contribution >= 0.6 is 0 Å². The Bertz CT molecular complexity index is 688. The average molecular weight is 355 g/mol. The van der Waals surface area contributed by atoms with Crippen molar-refractivity contribution < 1.29 is 27.9 Å². The number of carbonyl (C=O) groups excluding carboxylic acids is 1. The standard InChI is InChI=1S/C16H21NO6S/c1-24(21,22)14(9-12-5-3-2-4-6-12)16(20)17-7-8-23-13(11-17)10-15(18)19/h2-6,13-14H,7-11H2,1H3,(H,18,19)/t13-,14+/m1/s1. The van der Waals surface area contributed by atoms with Crippen molar-refractivity contribution in [3.8, 4) is 0 Å². The molecule has 0 saturated carbocycles. The van der Waals surface area contributed by atoms with Crippen LogP contribution in [0.5, 0.6) is 0 Å². The molecule has 7 nitrogen and oxygen atoms in total. The lowest BCUT2D eigenvalue weighted by Crippen LogP contribution is -2.51. The number of ether oxygens (including phenoxy) is 1. The Hall–Kier alpha value is -1.93. The molecule has 0 aliphatic carbocycles. The Morgan fingerprint density at radius 1 is 1.33 bits per heavy atom. The van der Waals surface area contributed by atoms with E-state index in [-0.39, 0.29) is 32.5 Å². The quantitative estimate of drug-likeness (QED) is 0.790. The molecule has 0 spiro atoms. The summed E-state index contributed by atoms with van der Waals surface area (Å²) in [6, 6.07) is 8.95. The zero-order chi connectivity index (χ0) is 17.7. The number of nitrogens with zero attached hydrogens (tertiary/aromatic N) is 1. The lowest BCUT2D eigenvalue weighted by Gasteiger charge is -2.34. The summed E-state index contributed by atoms with van der Waals surface area (Å²) < 4.78 is 29.5. The Kier molecular flexibility index (Phi) is 5.95. The van der Waals surface area contributed by atoms with Gasteiger partial charge >= 0.3 is 5.97 Å². The van der Waals surface area contributed by atoms with Gasteiger partial charge < -0.3 is 14.7 Å². The van der Waals surface area contributed by atoms with Crippen molar-refractivity contribution in [1.29, 1.82) is 0 Å². The fourth-order valence-electron chi connectivity index (χ4n) is 2.69. The van der Waals surface area contributed by atoms with Gasteiger partial charge in [-0.25, -0.2) is 8.42 Å². The van der Waals surface area contributed by atoms with Gasteiger partial charge in [0.2, 0.25) is 5.91 Å². The molecule has 0 unspecified atom stereocenters. The van der Waals surface area contributed by atoms with E-state index in [1.165, 1.54) is 4.90 Å². The molecule has 1 saturated heterocycles. The number of hydrogen-bond acceptors (Lipinski definition) is 5. The minimum Gasteiger partial charge on any atom is -0.481 e. The van der Waals surface area contributed by atoms with Crippen molar-refractivity contribution in [2.45, 2.75) is 24.2 Å². The Morgan fingerprint density at radius 3 is 2.58 bits per heavy atom. The molecule has 132 valence electrons. The van der Waals surface area contributed by atoms with Crippen LogP contribution in [-0.4, -0.2) is 67.6 Å². The fraction of sp³-hybridized carbons (Fsp3) is 0.500. The highest BCUT2D eigenvalue weighted by atomic mass is 32.2. The summed E-state index contributed by atoms with van der Waals surface area (Å²) in [5.74, 6) is -1.52. The van der Waals surface area contributed by atoms with Gasteiger partial charge in [-0.3, -0.25) is 9.59 Å². The van der Waals surface area contributed by atoms with E-state index in [1.807, 2.05) is 6.07 Å². The van der Waals surface area contributed by atoms with Crippen LogP contribution in [0.25, 0.3) is 0 Å². The highest BCUT2D eigenvalue weighted by Gasteiger charge is 2.35. The first-order chi connectivity index (χ1) is 11.3. The van der Waals surface area contributed by atoms with Gasteiger partial charge in [-0.2, -0.15) is 0 Å². The van der Waals surface area contributed by atoms with Crippen molar-refractivity contribution in [3.63, 3.8) is 0 Å². The van der Waals surface area contributed by atoms with Gasteiger partial charge in [-0.15, -0.1) is 0 Å². The first kappa shape index (κ1) is 18.4. The first-order valence-corrected chi connectivity index (χ1v) is 9.58. The van der Waals surface area contributed by atoms with Gasteiger partial charge in [-0.1, -0.05) is 30.3 Å². The predicted molar refractivity (Wildman–Crippen MR) is 87.4 cm³/mol. The van der Waals surface area contributed by atoms with Crippen molar-refractivity contribution in [1.82, 2.24) is 4.90 Å². The molecule has 1 fully saturated rings. The maximum Gasteiger partial charge on any atom is 0.306 e. The van der Waals surface area contributed by atoms with E-state index in [1.54, 1.807) is 24.3 Å². The lowest BCUT2D eigenvalue weighted by molar-refractivity contribution is -0.147. The highest BCUT2D eigenvalue weighted by molar-refractivity contribution is 7.92. The summed E-state index contributed by atoms with van der Waals surface area (Å²) in [7, 11) is -3.60. The summed E-state index contributed by atoms with van der Waals surface area (Å²) >= 11 is 0. The van der Waals surface area contributed by atoms with Crippen LogP contribution in [0.15, 0.2) is 30.3 Å². The molecule has 2 rings (SSSR count). The molecular formula is C16H21NO6S. The summed E-state index contributed by atoms with van der Waals surface area (Å²) in [6.45, 7) is 0.549. The summed E-state index contributed by atoms with van der Waals surface area (Å²) in [6.07, 6.45) is 0.316. The number of sulfone groups is 1. The fourth-order valence-corrected chi connectivity index (χ4v) is 3.70. The van der Waals surface area contributed by atoms with E-state index in [0.717, 1.165) is 11.8 Å². The van der Waals surface area contributed by atoms with Crippen LogP contribution in [0.1, 0.15) is 12.0 Å². The average Bonchev–Trinajstić information content (AvgIpc) is 2.51. The van der Waals surface area contributed by atoms with Crippen molar-refractivity contribution >= 4 is 21.7 Å². The van der Waals surface area contributed by atoms with E-state index in [0.29, 0.717) is 0 Å². The maximum absolute atomic E-state index is 12.7. The van der Waals surface area contributed by atoms with Crippen LogP contribution in [0.3, 0.4) is 0 Å². The Balaban J connectivity index is 2.14. The van der Waals surface area contributed by atoms with E-state index in [2.05, 4.69) is 0 Å². The smallest absolute Gasteiger partial charge is 0.306 e. The zero-order valence-corrected chi connectivity index (χ0v) is 14.2. The monoisotopic (exact) mass is 355 g/mol. The van der Waals surface area contributed by atoms with Gasteiger partial charge in [0.15, 0.2) is 9.84 Å². The molecule has 1 aromatic rings. The van der Waals surface area contributed by atoms with Crippen LogP contribution in [0.2, 0.25) is 0 Å². The molecule has 1 amide bonds. The SMILES string of the molecule is CS(=O)(=O)[C@@H](Cc1ccccc1)C(=O)N1CCO[C@H](CC(=O)O)C1. The highest BCUT2D eigenvalue weighted by Crippen LogP contribution is 2.16. The van der Waals surface area contributed by atoms with E-state index >= 15 is 0 Å². The molecule has 8 heteroatoms. The number of benzene rings is 1. The molecule has 0 bridgehead atoms. The topological polar surface area (TPSA) is 101 Å². The number of carbonyl (C=O) groups is 2. The zero-order valence-electron chi connectivity index (χ0n) is 13.4. The van der Waals surface area contributed by atoms with Crippen molar-refractivity contribution in [2.24, 2.45) is 0 Å². The normalized spacial score (nSPS) is 19.7. The van der Waals surface area contributed by atoms with Crippen LogP contribution in [0.4, 0.5) is 0 Å². The molecule has 1 aromatic carbocycles. The van der Waals surface area contributed by atoms with Gasteiger partial charge in [0.05, 0.1) is 19.1 Å². The number of carboxylic acid groups (broad SMARTS) is 1. The molecule has 1 aliphatic rings. The number of morpholine rings is 1. The van der Waals surface area contributed by atoms with Gasteiger partial charge in [0.1, 0.15) is 5.25 Å². The third-order valence-corrected chi connectivity index (χ3v) is 5.31. The van der Waals surface area contributed by atoms with Gasteiger partial charge in [-0.05, 0) is 12.0 Å². The van der Waals surface area contributed by atoms with Gasteiger partial charge in [0.25, 0.3) is 0 Å². The number of carboxylic acids is 1. The molecule has 0 radical (unpaired) electrons. The molecule has 1 aliphatic heterocycles. The van der Waals surface area contributed by atoms with Gasteiger partial charge in [0, 0.05) is 19.3 Å². The van der Waals surface area contributed by atoms with Crippen LogP contribution in [0, 0.1) is 0 Å². The molecular weight excluding hydrogens is 334 g/mol. The summed E-state index contributed by atoms with van der Waals surface area (Å²) in [5, 5.41) is 7.67. The Labute approximate surface area is 141 Å². The minimum absolute atomic E-state index is 0.0892. The van der Waals surface area contributed by atoms with Crippen molar-refractivity contribution in [2.75, 3.05) is 26.0 Å². The number of amides is 1. The third kappa shape index (κ3) is 5.04. The third-order valence-electron chi connectivity index (χ3n) is 3.91. The van der Waals surface area contributed by atoms with Crippen LogP contribution < -0.4 is 0 Å². The van der Waals surface area contributed by atoms with E-state index in [4.69, 9.17) is 9.84 Å². The van der Waals surface area contributed by atoms with Crippen molar-refractivity contribution in [3.05, 3.63) is 35.9 Å². The van der Waals surface area contributed by atoms with E-state index in [9.17, 15) is 18.0 Å². The maximum atomic E-state index is 12.7. The molecule has 2 atom stereocenters. The molecule has 0 aromatic heterocycles. The largest absolute Gasteiger partial charge is 0.481 e. The first-order valence-electron chi connectivity index (χ1n) is 7.62. The minimum atomic E-state index is -3.60. The van der Waals surface area contributed by atoms with E-state index < -0.39 is 33.1 Å². The number of aliphatic carboxylic acids is 1. The Morgan fingerprint density at radius 2 is 2.00 bits per heavy atom. The number of hydrogen-bond donors (Lipinski definition) is 1. The summed E-state index contributed by atoms with van der Waals surface area (Å²) in [4.78, 5) is 24.9. The predicted octanol–water partition coefficient (Wildman–Crippen LogP) is 0.344. The second-order valence-electron chi connectivity index (χ2n) is 5.88. The summed E-state index contributed by atoms with van der Waals surface area (Å²) in [5.41, 5.74) is 0.761. The molecule has 1 heterocycles. The molecule has 1 N–H and O–H groups in total. The van der Waals surface area contributed by atoms with Crippen LogP contribution in [-0.2, 0) is 30.6 Å². The number of rotatable bonds is 6. The lowest BCUT2D eigenvalue weighted by atomic mass is 10.1.